The summed E-state index contributed by atoms with van der Waals surface area (Å²) >= 11 is 6.63. The second-order valence-electron chi connectivity index (χ2n) is 6.36. The Balaban J connectivity index is 1.69. The number of hydrogen-bond acceptors (Lipinski definition) is 5. The molecule has 9 heteroatoms. The Bertz CT molecular complexity index is 1070. The van der Waals surface area contributed by atoms with E-state index in [1.54, 1.807) is 36.4 Å². The second kappa shape index (κ2) is 7.81. The van der Waals surface area contributed by atoms with Gasteiger partial charge in [-0.05, 0) is 47.2 Å². The highest BCUT2D eigenvalue weighted by atomic mass is 35.5. The molecule has 0 aliphatic carbocycles. The van der Waals surface area contributed by atoms with Crippen molar-refractivity contribution in [2.75, 3.05) is 0 Å². The summed E-state index contributed by atoms with van der Waals surface area (Å²) in [5, 5.41) is 7.84. The van der Waals surface area contributed by atoms with Crippen molar-refractivity contribution in [2.24, 2.45) is 5.10 Å². The average Bonchev–Trinajstić information content (AvgIpc) is 3.26. The third-order valence-electron chi connectivity index (χ3n) is 4.46. The highest BCUT2D eigenvalue weighted by molar-refractivity contribution is 8.18. The molecule has 4 rings (SSSR count). The largest absolute Gasteiger partial charge is 0.290 e. The maximum atomic E-state index is 13.3. The van der Waals surface area contributed by atoms with E-state index in [9.17, 15) is 18.8 Å². The quantitative estimate of drug-likeness (QED) is 0.747. The Morgan fingerprint density at radius 2 is 1.86 bits per heavy atom. The van der Waals surface area contributed by atoms with E-state index in [1.165, 1.54) is 17.1 Å². The number of amides is 3. The lowest BCUT2D eigenvalue weighted by Crippen LogP contribution is -2.26. The molecule has 1 saturated heterocycles. The molecule has 0 spiro atoms. The highest BCUT2D eigenvalue weighted by Crippen LogP contribution is 2.34. The van der Waals surface area contributed by atoms with Gasteiger partial charge in [0.1, 0.15) is 5.82 Å². The predicted octanol–water partition coefficient (Wildman–Crippen LogP) is 4.02. The van der Waals surface area contributed by atoms with Gasteiger partial charge in [-0.2, -0.15) is 5.10 Å². The van der Waals surface area contributed by atoms with Crippen LogP contribution in [0.2, 0.25) is 5.02 Å². The van der Waals surface area contributed by atoms with Crippen molar-refractivity contribution in [3.05, 3.63) is 81.5 Å². The lowest BCUT2D eigenvalue weighted by molar-refractivity contribution is -0.128. The number of hydrazone groups is 1. The molecule has 1 atom stereocenters. The van der Waals surface area contributed by atoms with E-state index in [0.29, 0.717) is 34.5 Å². The van der Waals surface area contributed by atoms with Gasteiger partial charge in [-0.25, -0.2) is 9.40 Å². The number of imide groups is 1. The molecule has 0 radical (unpaired) electrons. The molecule has 0 aromatic heterocycles. The molecule has 3 amide bonds. The number of thioether (sulfide) groups is 1. The summed E-state index contributed by atoms with van der Waals surface area (Å²) in [6, 6.07) is 12.4. The van der Waals surface area contributed by atoms with Crippen molar-refractivity contribution in [3.63, 3.8) is 0 Å². The van der Waals surface area contributed by atoms with Crippen LogP contribution in [0.3, 0.4) is 0 Å². The van der Waals surface area contributed by atoms with Gasteiger partial charge in [-0.15, -0.1) is 0 Å². The number of nitrogens with zero attached hydrogens (tertiary/aromatic N) is 2. The zero-order valence-corrected chi connectivity index (χ0v) is 16.3. The summed E-state index contributed by atoms with van der Waals surface area (Å²) in [6.45, 7) is 0. The van der Waals surface area contributed by atoms with Crippen LogP contribution in [-0.2, 0) is 9.59 Å². The SMILES string of the molecule is O=C1NC(=O)/C(=C/C(=O)N2N=C(c3ccc(F)cc3)CC2c2ccc(Cl)cc2)S1. The number of nitrogens with one attached hydrogen (secondary N) is 1. The summed E-state index contributed by atoms with van der Waals surface area (Å²) in [6.07, 6.45) is 1.51. The first-order valence-electron chi connectivity index (χ1n) is 8.57. The monoisotopic (exact) mass is 429 g/mol. The van der Waals surface area contributed by atoms with Crippen LogP contribution in [0.4, 0.5) is 9.18 Å². The van der Waals surface area contributed by atoms with E-state index < -0.39 is 23.1 Å². The third kappa shape index (κ3) is 4.08. The van der Waals surface area contributed by atoms with E-state index in [0.717, 1.165) is 11.6 Å². The van der Waals surface area contributed by atoms with Crippen molar-refractivity contribution >= 4 is 46.1 Å². The molecule has 1 unspecified atom stereocenters. The van der Waals surface area contributed by atoms with Gasteiger partial charge in [0.25, 0.3) is 17.1 Å². The van der Waals surface area contributed by atoms with Crippen molar-refractivity contribution < 1.29 is 18.8 Å². The molecule has 6 nitrogen and oxygen atoms in total. The Morgan fingerprint density at radius 1 is 1.17 bits per heavy atom. The van der Waals surface area contributed by atoms with Gasteiger partial charge in [0, 0.05) is 17.5 Å². The molecule has 1 fully saturated rings. The summed E-state index contributed by atoms with van der Waals surface area (Å²) in [5.74, 6) is -1.51. The first-order chi connectivity index (χ1) is 13.9. The Labute approximate surface area is 174 Å². The zero-order valence-electron chi connectivity index (χ0n) is 14.8. The van der Waals surface area contributed by atoms with Crippen molar-refractivity contribution in [2.45, 2.75) is 12.5 Å². The van der Waals surface area contributed by atoms with E-state index in [4.69, 9.17) is 11.6 Å². The van der Waals surface area contributed by atoms with E-state index in [-0.39, 0.29) is 10.7 Å². The van der Waals surface area contributed by atoms with Crippen LogP contribution in [0.25, 0.3) is 0 Å². The van der Waals surface area contributed by atoms with E-state index in [2.05, 4.69) is 10.4 Å². The lowest BCUT2D eigenvalue weighted by Gasteiger charge is -2.21. The molecule has 2 aliphatic rings. The second-order valence-corrected chi connectivity index (χ2v) is 7.81. The number of halogens is 2. The normalized spacial score (nSPS) is 20.2. The molecule has 0 saturated carbocycles. The maximum Gasteiger partial charge on any atom is 0.290 e. The highest BCUT2D eigenvalue weighted by Gasteiger charge is 2.34. The molecule has 0 bridgehead atoms. The van der Waals surface area contributed by atoms with Gasteiger partial charge in [-0.1, -0.05) is 35.9 Å². The topological polar surface area (TPSA) is 78.8 Å². The fourth-order valence-electron chi connectivity index (χ4n) is 3.07. The number of hydrogen-bond donors (Lipinski definition) is 1. The Kier molecular flexibility index (Phi) is 5.21. The van der Waals surface area contributed by atoms with Crippen LogP contribution >= 0.6 is 23.4 Å². The molecule has 2 aliphatic heterocycles. The minimum atomic E-state index is -0.613. The number of rotatable bonds is 3. The number of benzene rings is 2. The van der Waals surface area contributed by atoms with Gasteiger partial charge in [0.15, 0.2) is 0 Å². The van der Waals surface area contributed by atoms with Crippen LogP contribution in [-0.4, -0.2) is 27.8 Å². The fraction of sp³-hybridized carbons (Fsp3) is 0.100. The molecular formula is C20H13ClFN3O3S. The molecule has 29 heavy (non-hydrogen) atoms. The van der Waals surface area contributed by atoms with Crippen LogP contribution in [0.5, 0.6) is 0 Å². The Morgan fingerprint density at radius 3 is 2.48 bits per heavy atom. The maximum absolute atomic E-state index is 13.3. The first-order valence-corrected chi connectivity index (χ1v) is 9.77. The fourth-order valence-corrected chi connectivity index (χ4v) is 3.85. The van der Waals surface area contributed by atoms with Gasteiger partial charge in [0.05, 0.1) is 16.7 Å². The van der Waals surface area contributed by atoms with Crippen LogP contribution < -0.4 is 5.32 Å². The summed E-state index contributed by atoms with van der Waals surface area (Å²) in [4.78, 5) is 36.0. The smallest absolute Gasteiger partial charge is 0.282 e. The van der Waals surface area contributed by atoms with Crippen molar-refractivity contribution in [1.82, 2.24) is 10.3 Å². The van der Waals surface area contributed by atoms with Crippen molar-refractivity contribution in [3.8, 4) is 0 Å². The van der Waals surface area contributed by atoms with Crippen LogP contribution in [0.15, 0.2) is 64.6 Å². The molecular weight excluding hydrogens is 417 g/mol. The average molecular weight is 430 g/mol. The summed E-state index contributed by atoms with van der Waals surface area (Å²) < 4.78 is 13.3. The molecule has 2 aromatic carbocycles. The van der Waals surface area contributed by atoms with Crippen LogP contribution in [0.1, 0.15) is 23.6 Å². The standard InChI is InChI=1S/C20H13ClFN3O3S/c21-13-5-1-12(2-6-13)16-9-15(11-3-7-14(22)8-4-11)24-25(16)18(26)10-17-19(27)23-20(28)29-17/h1-8,10,16H,9H2,(H,23,27,28)/b17-10-. The summed E-state index contributed by atoms with van der Waals surface area (Å²) in [5.41, 5.74) is 2.11. The molecule has 146 valence electrons. The first kappa shape index (κ1) is 19.4. The molecule has 2 aromatic rings. The van der Waals surface area contributed by atoms with Gasteiger partial charge < -0.3 is 0 Å². The van der Waals surface area contributed by atoms with Gasteiger partial charge >= 0.3 is 0 Å². The van der Waals surface area contributed by atoms with Crippen LogP contribution in [0, 0.1) is 5.82 Å². The Hall–Kier alpha value is -2.97. The van der Waals surface area contributed by atoms with E-state index >= 15 is 0 Å². The zero-order chi connectivity index (χ0) is 20.5. The molecule has 2 heterocycles. The van der Waals surface area contributed by atoms with Gasteiger partial charge in [0.2, 0.25) is 0 Å². The minimum absolute atomic E-state index is 0.0142. The minimum Gasteiger partial charge on any atom is -0.282 e. The van der Waals surface area contributed by atoms with Crippen molar-refractivity contribution in [1.29, 1.82) is 0 Å². The number of carbonyl (C=O) groups excluding carboxylic acids is 3. The molecule has 1 N–H and O–H groups in total. The summed E-state index contributed by atoms with van der Waals surface area (Å²) in [7, 11) is 0. The van der Waals surface area contributed by atoms with Gasteiger partial charge in [-0.3, -0.25) is 19.7 Å². The van der Waals surface area contributed by atoms with E-state index in [1.807, 2.05) is 0 Å². The predicted molar refractivity (Wildman–Crippen MR) is 108 cm³/mol. The number of carbonyl (C=O) groups is 3. The lowest BCUT2D eigenvalue weighted by atomic mass is 9.98. The third-order valence-corrected chi connectivity index (χ3v) is 5.53.